The molecule has 1 saturated heterocycles. The average Bonchev–Trinajstić information content (AvgIpc) is 3.02. The molecule has 1 fully saturated rings. The predicted molar refractivity (Wildman–Crippen MR) is 100 cm³/mol. The summed E-state index contributed by atoms with van der Waals surface area (Å²) in [7, 11) is 0. The number of nitrogens with zero attached hydrogens (tertiary/aromatic N) is 3. The van der Waals surface area contributed by atoms with Crippen LogP contribution >= 0.6 is 22.9 Å². The molecule has 1 amide bonds. The second kappa shape index (κ2) is 6.38. The highest BCUT2D eigenvalue weighted by Crippen LogP contribution is 2.32. The van der Waals surface area contributed by atoms with E-state index in [0.717, 1.165) is 0 Å². The molecule has 3 aromatic rings. The van der Waals surface area contributed by atoms with E-state index in [4.69, 9.17) is 11.6 Å². The quantitative estimate of drug-likeness (QED) is 0.665. The minimum Gasteiger partial charge on any atom is -0.335 e. The van der Waals surface area contributed by atoms with Crippen molar-refractivity contribution in [2.75, 3.05) is 13.1 Å². The topological polar surface area (TPSA) is 55.2 Å². The van der Waals surface area contributed by atoms with Gasteiger partial charge < -0.3 is 4.90 Å². The number of amides is 1. The molecule has 5 nitrogen and oxygen atoms in total. The fraction of sp³-hybridized carbons (Fsp3) is 0.278. The summed E-state index contributed by atoms with van der Waals surface area (Å²) in [4.78, 5) is 31.3. The largest absolute Gasteiger partial charge is 0.335 e. The van der Waals surface area contributed by atoms with Crippen molar-refractivity contribution in [3.05, 3.63) is 51.1 Å². The Morgan fingerprint density at radius 1 is 1.41 bits per heavy atom. The molecule has 1 aliphatic heterocycles. The number of rotatable bonds is 3. The lowest BCUT2D eigenvalue weighted by atomic mass is 9.99. The first kappa shape index (κ1) is 18.1. The smallest absolute Gasteiger partial charge is 0.263 e. The van der Waals surface area contributed by atoms with Gasteiger partial charge in [0.15, 0.2) is 0 Å². The van der Waals surface area contributed by atoms with Crippen molar-refractivity contribution < 1.29 is 13.6 Å². The van der Waals surface area contributed by atoms with Crippen molar-refractivity contribution >= 4 is 39.1 Å². The maximum atomic E-state index is 13.6. The molecule has 2 aromatic heterocycles. The molecular weight excluding hydrogens is 396 g/mol. The molecule has 0 atom stereocenters. The first-order valence-corrected chi connectivity index (χ1v) is 9.40. The molecule has 0 N–H and O–H groups in total. The van der Waals surface area contributed by atoms with E-state index in [9.17, 15) is 18.4 Å². The summed E-state index contributed by atoms with van der Waals surface area (Å²) in [5.74, 6) is -0.884. The molecule has 1 aliphatic rings. The van der Waals surface area contributed by atoms with Crippen LogP contribution in [-0.2, 0) is 11.3 Å². The molecule has 0 bridgehead atoms. The van der Waals surface area contributed by atoms with E-state index in [-0.39, 0.29) is 36.1 Å². The summed E-state index contributed by atoms with van der Waals surface area (Å²) >= 11 is 7.13. The number of fused-ring (bicyclic) bond motifs is 1. The van der Waals surface area contributed by atoms with E-state index >= 15 is 0 Å². The van der Waals surface area contributed by atoms with E-state index in [1.807, 2.05) is 0 Å². The van der Waals surface area contributed by atoms with E-state index in [0.29, 0.717) is 21.3 Å². The third kappa shape index (κ3) is 3.23. The Morgan fingerprint density at radius 3 is 2.81 bits per heavy atom. The summed E-state index contributed by atoms with van der Waals surface area (Å²) in [5, 5.41) is 2.05. The zero-order valence-corrected chi connectivity index (χ0v) is 15.8. The second-order valence-corrected chi connectivity index (χ2v) is 8.06. The molecular formula is C18H14ClF2N3O2S. The van der Waals surface area contributed by atoms with Gasteiger partial charge in [-0.1, -0.05) is 17.7 Å². The van der Waals surface area contributed by atoms with Gasteiger partial charge in [0, 0.05) is 10.9 Å². The first-order chi connectivity index (χ1) is 12.7. The average molecular weight is 410 g/mol. The van der Waals surface area contributed by atoms with Gasteiger partial charge >= 0.3 is 0 Å². The maximum absolute atomic E-state index is 13.6. The number of halogens is 3. The van der Waals surface area contributed by atoms with E-state index < -0.39 is 11.5 Å². The molecule has 27 heavy (non-hydrogen) atoms. The van der Waals surface area contributed by atoms with Gasteiger partial charge in [-0.2, -0.15) is 0 Å². The van der Waals surface area contributed by atoms with Gasteiger partial charge in [-0.3, -0.25) is 14.2 Å². The number of likely N-dealkylation sites (tertiary alicyclic amines) is 1. The van der Waals surface area contributed by atoms with Crippen LogP contribution in [0.25, 0.3) is 21.3 Å². The highest BCUT2D eigenvalue weighted by Gasteiger charge is 2.41. The Balaban J connectivity index is 1.70. The van der Waals surface area contributed by atoms with Gasteiger partial charge in [-0.15, -0.1) is 11.3 Å². The molecule has 0 saturated carbocycles. The van der Waals surface area contributed by atoms with Crippen LogP contribution in [0.15, 0.2) is 34.7 Å². The zero-order chi connectivity index (χ0) is 19.3. The Hall–Kier alpha value is -2.32. The first-order valence-electron chi connectivity index (χ1n) is 8.14. The van der Waals surface area contributed by atoms with Crippen LogP contribution in [0, 0.1) is 5.82 Å². The monoisotopic (exact) mass is 409 g/mol. The minimum absolute atomic E-state index is 0.0219. The lowest BCUT2D eigenvalue weighted by Gasteiger charge is -2.42. The molecule has 1 aromatic carbocycles. The van der Waals surface area contributed by atoms with Crippen LogP contribution in [0.1, 0.15) is 6.92 Å². The molecule has 9 heteroatoms. The van der Waals surface area contributed by atoms with Crippen molar-refractivity contribution in [2.24, 2.45) is 0 Å². The molecule has 140 valence electrons. The second-order valence-electron chi connectivity index (χ2n) is 6.80. The van der Waals surface area contributed by atoms with Gasteiger partial charge in [-0.05, 0) is 24.6 Å². The van der Waals surface area contributed by atoms with Crippen LogP contribution in [0.2, 0.25) is 5.02 Å². The van der Waals surface area contributed by atoms with E-state index in [1.54, 1.807) is 5.38 Å². The summed E-state index contributed by atoms with van der Waals surface area (Å²) in [6, 6.07) is 4.21. The Kier molecular flexibility index (Phi) is 4.27. The number of hydrogen-bond acceptors (Lipinski definition) is 4. The lowest BCUT2D eigenvalue weighted by Crippen LogP contribution is -2.60. The van der Waals surface area contributed by atoms with Crippen LogP contribution in [0.5, 0.6) is 0 Å². The summed E-state index contributed by atoms with van der Waals surface area (Å²) in [6.45, 7) is 1.27. The van der Waals surface area contributed by atoms with E-state index in [2.05, 4.69) is 4.98 Å². The minimum atomic E-state index is -1.37. The van der Waals surface area contributed by atoms with Crippen molar-refractivity contribution in [3.63, 3.8) is 0 Å². The number of carbonyl (C=O) groups excluding carboxylic acids is 1. The third-order valence-electron chi connectivity index (χ3n) is 4.49. The SMILES string of the molecule is CC1(F)CN(C(=O)Cn2cnc3scc(-c4ccc(F)c(Cl)c4)c3c2=O)C1. The molecule has 0 spiro atoms. The third-order valence-corrected chi connectivity index (χ3v) is 5.67. The van der Waals surface area contributed by atoms with Crippen molar-refractivity contribution in [3.8, 4) is 11.1 Å². The van der Waals surface area contributed by atoms with Gasteiger partial charge in [-0.25, -0.2) is 13.8 Å². The van der Waals surface area contributed by atoms with Crippen LogP contribution in [0.3, 0.4) is 0 Å². The Labute approximate surface area is 161 Å². The zero-order valence-electron chi connectivity index (χ0n) is 14.2. The van der Waals surface area contributed by atoms with Gasteiger partial charge in [0.05, 0.1) is 29.8 Å². The summed E-state index contributed by atoms with van der Waals surface area (Å²) < 4.78 is 28.2. The number of aromatic nitrogens is 2. The number of benzene rings is 1. The van der Waals surface area contributed by atoms with Gasteiger partial charge in [0.25, 0.3) is 5.56 Å². The highest BCUT2D eigenvalue weighted by molar-refractivity contribution is 7.17. The van der Waals surface area contributed by atoms with Crippen molar-refractivity contribution in [2.45, 2.75) is 19.1 Å². The fourth-order valence-corrected chi connectivity index (χ4v) is 4.22. The van der Waals surface area contributed by atoms with Crippen LogP contribution in [0.4, 0.5) is 8.78 Å². The van der Waals surface area contributed by atoms with E-state index in [1.165, 1.54) is 52.3 Å². The standard InChI is InChI=1S/C18H14ClF2N3O2S/c1-18(21)7-24(8-18)14(25)5-23-9-22-16-15(17(23)26)11(6-27-16)10-2-3-13(20)12(19)4-10/h2-4,6,9H,5,7-8H2,1H3. The number of carbonyl (C=O) groups is 1. The summed E-state index contributed by atoms with van der Waals surface area (Å²) in [6.07, 6.45) is 1.31. The molecule has 4 rings (SSSR count). The summed E-state index contributed by atoms with van der Waals surface area (Å²) in [5.41, 5.74) is -0.581. The molecule has 3 heterocycles. The highest BCUT2D eigenvalue weighted by atomic mass is 35.5. The Morgan fingerprint density at radius 2 is 2.15 bits per heavy atom. The van der Waals surface area contributed by atoms with Crippen LogP contribution < -0.4 is 5.56 Å². The maximum Gasteiger partial charge on any atom is 0.263 e. The molecule has 0 aliphatic carbocycles. The normalized spacial score (nSPS) is 15.8. The van der Waals surface area contributed by atoms with Gasteiger partial charge in [0.2, 0.25) is 5.91 Å². The lowest BCUT2D eigenvalue weighted by molar-refractivity contribution is -0.144. The van der Waals surface area contributed by atoms with Crippen molar-refractivity contribution in [1.29, 1.82) is 0 Å². The Bertz CT molecular complexity index is 1120. The van der Waals surface area contributed by atoms with Gasteiger partial charge in [0.1, 0.15) is 22.9 Å². The fourth-order valence-electron chi connectivity index (χ4n) is 3.13. The molecule has 0 radical (unpaired) electrons. The number of alkyl halides is 1. The number of thiophene rings is 1. The molecule has 0 unspecified atom stereocenters. The van der Waals surface area contributed by atoms with Crippen molar-refractivity contribution in [1.82, 2.24) is 14.5 Å². The van der Waals surface area contributed by atoms with Crippen LogP contribution in [-0.4, -0.2) is 39.1 Å². The predicted octanol–water partition coefficient (Wildman–Crippen LogP) is 3.49. The number of hydrogen-bond donors (Lipinski definition) is 0.